The molecule has 1 aromatic rings. The lowest BCUT2D eigenvalue weighted by Crippen LogP contribution is -2.17. The van der Waals surface area contributed by atoms with E-state index in [4.69, 9.17) is 23.2 Å². The Morgan fingerprint density at radius 1 is 1.31 bits per heavy atom. The average molecular weight is 258 g/mol. The third-order valence-corrected chi connectivity index (χ3v) is 2.83. The SMILES string of the molecule is CC(C)=CCNCCc1ccc(Cl)cc1Cl. The Morgan fingerprint density at radius 2 is 2.06 bits per heavy atom. The predicted octanol–water partition coefficient (Wildman–Crippen LogP) is 4.09. The van der Waals surface area contributed by atoms with Crippen LogP contribution in [0.5, 0.6) is 0 Å². The van der Waals surface area contributed by atoms with Crippen molar-refractivity contribution in [2.45, 2.75) is 20.3 Å². The Morgan fingerprint density at radius 3 is 2.69 bits per heavy atom. The molecule has 88 valence electrons. The Labute approximate surface area is 107 Å². The number of halogens is 2. The number of hydrogen-bond acceptors (Lipinski definition) is 1. The number of rotatable bonds is 5. The van der Waals surface area contributed by atoms with Crippen LogP contribution >= 0.6 is 23.2 Å². The summed E-state index contributed by atoms with van der Waals surface area (Å²) in [5, 5.41) is 4.77. The maximum atomic E-state index is 6.07. The van der Waals surface area contributed by atoms with Gasteiger partial charge in [0.2, 0.25) is 0 Å². The highest BCUT2D eigenvalue weighted by Gasteiger charge is 2.00. The van der Waals surface area contributed by atoms with E-state index in [-0.39, 0.29) is 0 Å². The zero-order chi connectivity index (χ0) is 12.0. The second-order valence-corrected chi connectivity index (χ2v) is 4.81. The molecule has 1 aromatic carbocycles. The molecule has 1 nitrogen and oxygen atoms in total. The molecule has 0 amide bonds. The topological polar surface area (TPSA) is 12.0 Å². The lowest BCUT2D eigenvalue weighted by molar-refractivity contribution is 0.742. The minimum atomic E-state index is 0.686. The molecular weight excluding hydrogens is 241 g/mol. The number of hydrogen-bond donors (Lipinski definition) is 1. The summed E-state index contributed by atoms with van der Waals surface area (Å²) in [6, 6.07) is 5.64. The molecule has 0 radical (unpaired) electrons. The van der Waals surface area contributed by atoms with Crippen LogP contribution in [0.1, 0.15) is 19.4 Å². The van der Waals surface area contributed by atoms with Gasteiger partial charge in [-0.1, -0.05) is 40.9 Å². The van der Waals surface area contributed by atoms with Crippen molar-refractivity contribution in [3.63, 3.8) is 0 Å². The third kappa shape index (κ3) is 5.02. The van der Waals surface area contributed by atoms with Crippen LogP contribution in [0.3, 0.4) is 0 Å². The second-order valence-electron chi connectivity index (χ2n) is 3.97. The van der Waals surface area contributed by atoms with Crippen molar-refractivity contribution in [2.75, 3.05) is 13.1 Å². The van der Waals surface area contributed by atoms with Crippen LogP contribution in [0.2, 0.25) is 10.0 Å². The van der Waals surface area contributed by atoms with E-state index in [0.717, 1.165) is 30.1 Å². The van der Waals surface area contributed by atoms with Gasteiger partial charge in [0.05, 0.1) is 0 Å². The van der Waals surface area contributed by atoms with Gasteiger partial charge >= 0.3 is 0 Å². The Hall–Kier alpha value is -0.500. The summed E-state index contributed by atoms with van der Waals surface area (Å²) in [6.45, 7) is 6.02. The first-order chi connectivity index (χ1) is 7.59. The smallest absolute Gasteiger partial charge is 0.0453 e. The summed E-state index contributed by atoms with van der Waals surface area (Å²) in [5.41, 5.74) is 2.47. The molecule has 0 aliphatic carbocycles. The number of allylic oxidation sites excluding steroid dienone is 1. The summed E-state index contributed by atoms with van der Waals surface area (Å²) in [5.74, 6) is 0. The van der Waals surface area contributed by atoms with Crippen LogP contribution in [-0.4, -0.2) is 13.1 Å². The summed E-state index contributed by atoms with van der Waals surface area (Å²) in [6.07, 6.45) is 3.09. The normalized spacial score (nSPS) is 10.2. The molecule has 0 spiro atoms. The quantitative estimate of drug-likeness (QED) is 0.619. The van der Waals surface area contributed by atoms with Gasteiger partial charge in [0, 0.05) is 16.6 Å². The van der Waals surface area contributed by atoms with E-state index in [0.29, 0.717) is 5.02 Å². The van der Waals surface area contributed by atoms with Gasteiger partial charge in [-0.25, -0.2) is 0 Å². The first-order valence-corrected chi connectivity index (χ1v) is 6.13. The molecule has 0 unspecified atom stereocenters. The minimum Gasteiger partial charge on any atom is -0.313 e. The van der Waals surface area contributed by atoms with Gasteiger partial charge in [-0.05, 0) is 44.5 Å². The number of benzene rings is 1. The van der Waals surface area contributed by atoms with E-state index in [1.54, 1.807) is 6.07 Å². The van der Waals surface area contributed by atoms with Crippen molar-refractivity contribution < 1.29 is 0 Å². The van der Waals surface area contributed by atoms with Crippen LogP contribution in [0.25, 0.3) is 0 Å². The summed E-state index contributed by atoms with van der Waals surface area (Å²) >= 11 is 11.9. The van der Waals surface area contributed by atoms with Crippen molar-refractivity contribution in [2.24, 2.45) is 0 Å². The molecule has 0 saturated heterocycles. The van der Waals surface area contributed by atoms with Gasteiger partial charge < -0.3 is 5.32 Å². The minimum absolute atomic E-state index is 0.686. The highest BCUT2D eigenvalue weighted by Crippen LogP contribution is 2.20. The highest BCUT2D eigenvalue weighted by molar-refractivity contribution is 6.35. The van der Waals surface area contributed by atoms with Crippen LogP contribution in [-0.2, 0) is 6.42 Å². The fourth-order valence-corrected chi connectivity index (χ4v) is 1.83. The molecule has 0 saturated carbocycles. The maximum Gasteiger partial charge on any atom is 0.0453 e. The number of nitrogens with one attached hydrogen (secondary N) is 1. The first-order valence-electron chi connectivity index (χ1n) is 5.37. The molecule has 0 atom stereocenters. The lowest BCUT2D eigenvalue weighted by atomic mass is 10.1. The van der Waals surface area contributed by atoms with E-state index in [9.17, 15) is 0 Å². The van der Waals surface area contributed by atoms with Crippen molar-refractivity contribution in [1.82, 2.24) is 5.32 Å². The largest absolute Gasteiger partial charge is 0.313 e. The van der Waals surface area contributed by atoms with E-state index < -0.39 is 0 Å². The molecule has 3 heteroatoms. The molecule has 0 aromatic heterocycles. The van der Waals surface area contributed by atoms with Crippen LogP contribution in [0, 0.1) is 0 Å². The average Bonchev–Trinajstić information content (AvgIpc) is 2.20. The van der Waals surface area contributed by atoms with Gasteiger partial charge in [-0.15, -0.1) is 0 Å². The zero-order valence-corrected chi connectivity index (χ0v) is 11.2. The van der Waals surface area contributed by atoms with Crippen molar-refractivity contribution in [3.05, 3.63) is 45.5 Å². The van der Waals surface area contributed by atoms with E-state index in [1.165, 1.54) is 5.57 Å². The monoisotopic (exact) mass is 257 g/mol. The molecule has 0 bridgehead atoms. The maximum absolute atomic E-state index is 6.07. The molecule has 0 heterocycles. The van der Waals surface area contributed by atoms with E-state index in [2.05, 4.69) is 25.2 Å². The van der Waals surface area contributed by atoms with Gasteiger partial charge in [0.25, 0.3) is 0 Å². The zero-order valence-electron chi connectivity index (χ0n) is 9.69. The fourth-order valence-electron chi connectivity index (χ4n) is 1.33. The van der Waals surface area contributed by atoms with Gasteiger partial charge in [0.15, 0.2) is 0 Å². The van der Waals surface area contributed by atoms with Gasteiger partial charge in [0.1, 0.15) is 0 Å². The summed E-state index contributed by atoms with van der Waals surface area (Å²) in [7, 11) is 0. The predicted molar refractivity (Wildman–Crippen MR) is 72.5 cm³/mol. The fraction of sp³-hybridized carbons (Fsp3) is 0.385. The van der Waals surface area contributed by atoms with Gasteiger partial charge in [-0.2, -0.15) is 0 Å². The molecule has 0 fully saturated rings. The van der Waals surface area contributed by atoms with Crippen LogP contribution in [0.15, 0.2) is 29.8 Å². The van der Waals surface area contributed by atoms with Crippen molar-refractivity contribution in [3.8, 4) is 0 Å². The van der Waals surface area contributed by atoms with Crippen molar-refractivity contribution in [1.29, 1.82) is 0 Å². The molecule has 1 N–H and O–H groups in total. The van der Waals surface area contributed by atoms with E-state index >= 15 is 0 Å². The third-order valence-electron chi connectivity index (χ3n) is 2.24. The summed E-state index contributed by atoms with van der Waals surface area (Å²) in [4.78, 5) is 0. The van der Waals surface area contributed by atoms with E-state index in [1.807, 2.05) is 12.1 Å². The molecule has 1 rings (SSSR count). The Kier molecular flexibility index (Phi) is 5.89. The van der Waals surface area contributed by atoms with Crippen LogP contribution < -0.4 is 5.32 Å². The Bertz CT molecular complexity index is 368. The standard InChI is InChI=1S/C13H17Cl2N/c1-10(2)5-7-16-8-6-11-3-4-12(14)9-13(11)15/h3-5,9,16H,6-8H2,1-2H3. The van der Waals surface area contributed by atoms with Crippen LogP contribution in [0.4, 0.5) is 0 Å². The highest BCUT2D eigenvalue weighted by atomic mass is 35.5. The Balaban J connectivity index is 2.35. The van der Waals surface area contributed by atoms with Gasteiger partial charge in [-0.3, -0.25) is 0 Å². The molecule has 0 aliphatic heterocycles. The lowest BCUT2D eigenvalue weighted by Gasteiger charge is -2.05. The molecule has 16 heavy (non-hydrogen) atoms. The molecule has 0 aliphatic rings. The first kappa shape index (κ1) is 13.6. The molecular formula is C13H17Cl2N. The summed E-state index contributed by atoms with van der Waals surface area (Å²) < 4.78 is 0. The second kappa shape index (κ2) is 6.95. The van der Waals surface area contributed by atoms with Crippen molar-refractivity contribution >= 4 is 23.2 Å².